The average molecular weight is 286 g/mol. The minimum Gasteiger partial charge on any atom is -0.497 e. The molecule has 0 atom stereocenters. The SMILES string of the molecule is COc1cccc(-c2c[nH]c3c(Cl)cccc3c2=O)c1. The number of nitrogens with one attached hydrogen (secondary N) is 1. The Balaban J connectivity index is 2.27. The van der Waals surface area contributed by atoms with E-state index in [1.165, 1.54) is 0 Å². The Hall–Kier alpha value is -2.26. The average Bonchev–Trinajstić information content (AvgIpc) is 2.48. The number of methoxy groups -OCH3 is 1. The molecule has 0 unspecified atom stereocenters. The number of halogens is 1. The zero-order valence-electron chi connectivity index (χ0n) is 10.8. The Kier molecular flexibility index (Phi) is 3.20. The maximum absolute atomic E-state index is 12.6. The number of fused-ring (bicyclic) bond motifs is 1. The maximum atomic E-state index is 12.6. The molecule has 20 heavy (non-hydrogen) atoms. The molecule has 0 amide bonds. The summed E-state index contributed by atoms with van der Waals surface area (Å²) in [6, 6.07) is 12.7. The van der Waals surface area contributed by atoms with Gasteiger partial charge in [-0.1, -0.05) is 29.8 Å². The van der Waals surface area contributed by atoms with Crippen molar-refractivity contribution in [1.29, 1.82) is 0 Å². The summed E-state index contributed by atoms with van der Waals surface area (Å²) in [5, 5.41) is 1.12. The third-order valence-corrected chi connectivity index (χ3v) is 3.56. The van der Waals surface area contributed by atoms with Crippen molar-refractivity contribution in [1.82, 2.24) is 4.98 Å². The second kappa shape index (κ2) is 5.02. The standard InChI is InChI=1S/C16H12ClNO2/c1-20-11-5-2-4-10(8-11)13-9-18-15-12(16(13)19)6-3-7-14(15)17/h2-9H,1H3,(H,18,19). The van der Waals surface area contributed by atoms with E-state index in [0.717, 1.165) is 5.56 Å². The van der Waals surface area contributed by atoms with Crippen molar-refractivity contribution in [2.75, 3.05) is 7.11 Å². The van der Waals surface area contributed by atoms with Crippen molar-refractivity contribution in [3.05, 3.63) is 63.9 Å². The largest absolute Gasteiger partial charge is 0.497 e. The van der Waals surface area contributed by atoms with Crippen LogP contribution in [0.15, 0.2) is 53.5 Å². The normalized spacial score (nSPS) is 10.7. The van der Waals surface area contributed by atoms with Gasteiger partial charge in [0, 0.05) is 17.1 Å². The predicted octanol–water partition coefficient (Wildman–Crippen LogP) is 3.86. The first kappa shape index (κ1) is 12.8. The zero-order valence-corrected chi connectivity index (χ0v) is 11.6. The van der Waals surface area contributed by atoms with E-state index in [1.54, 1.807) is 31.5 Å². The molecule has 3 nitrogen and oxygen atoms in total. The lowest BCUT2D eigenvalue weighted by Gasteiger charge is -2.06. The molecule has 0 fully saturated rings. The molecule has 0 spiro atoms. The highest BCUT2D eigenvalue weighted by Crippen LogP contribution is 2.24. The van der Waals surface area contributed by atoms with Gasteiger partial charge >= 0.3 is 0 Å². The number of rotatable bonds is 2. The number of aromatic amines is 1. The topological polar surface area (TPSA) is 42.1 Å². The third-order valence-electron chi connectivity index (χ3n) is 3.24. The zero-order chi connectivity index (χ0) is 14.1. The molecule has 0 aliphatic heterocycles. The van der Waals surface area contributed by atoms with Gasteiger partial charge in [-0.15, -0.1) is 0 Å². The summed E-state index contributed by atoms with van der Waals surface area (Å²) in [4.78, 5) is 15.7. The molecule has 1 N–H and O–H groups in total. The Bertz CT molecular complexity index is 839. The molecule has 0 aliphatic rings. The number of pyridine rings is 1. The lowest BCUT2D eigenvalue weighted by Crippen LogP contribution is -2.06. The number of hydrogen-bond acceptors (Lipinski definition) is 2. The van der Waals surface area contributed by atoms with Crippen LogP contribution in [-0.4, -0.2) is 12.1 Å². The van der Waals surface area contributed by atoms with E-state index >= 15 is 0 Å². The number of ether oxygens (including phenoxy) is 1. The lowest BCUT2D eigenvalue weighted by atomic mass is 10.0. The van der Waals surface area contributed by atoms with Crippen LogP contribution in [0.2, 0.25) is 5.02 Å². The predicted molar refractivity (Wildman–Crippen MR) is 81.6 cm³/mol. The van der Waals surface area contributed by atoms with Crippen LogP contribution in [0.25, 0.3) is 22.0 Å². The fourth-order valence-corrected chi connectivity index (χ4v) is 2.45. The highest BCUT2D eigenvalue weighted by atomic mass is 35.5. The molecule has 4 heteroatoms. The smallest absolute Gasteiger partial charge is 0.197 e. The Labute approximate surface area is 120 Å². The van der Waals surface area contributed by atoms with E-state index in [1.807, 2.05) is 24.3 Å². The van der Waals surface area contributed by atoms with Gasteiger partial charge in [0.05, 0.1) is 17.6 Å². The Morgan fingerprint density at radius 3 is 2.75 bits per heavy atom. The molecule has 2 aromatic carbocycles. The summed E-state index contributed by atoms with van der Waals surface area (Å²) in [7, 11) is 1.60. The summed E-state index contributed by atoms with van der Waals surface area (Å²) in [6.07, 6.45) is 1.69. The van der Waals surface area contributed by atoms with Crippen LogP contribution < -0.4 is 10.2 Å². The van der Waals surface area contributed by atoms with Crippen LogP contribution in [-0.2, 0) is 0 Å². The van der Waals surface area contributed by atoms with Crippen LogP contribution in [0.4, 0.5) is 0 Å². The van der Waals surface area contributed by atoms with Gasteiger partial charge in [-0.2, -0.15) is 0 Å². The first-order valence-corrected chi connectivity index (χ1v) is 6.53. The number of hydrogen-bond donors (Lipinski definition) is 1. The van der Waals surface area contributed by atoms with Crippen molar-refractivity contribution < 1.29 is 4.74 Å². The molecular formula is C16H12ClNO2. The first-order valence-electron chi connectivity index (χ1n) is 6.15. The van der Waals surface area contributed by atoms with Gasteiger partial charge in [0.2, 0.25) is 0 Å². The Morgan fingerprint density at radius 2 is 1.95 bits per heavy atom. The molecule has 0 saturated carbocycles. The Morgan fingerprint density at radius 1 is 1.15 bits per heavy atom. The summed E-state index contributed by atoms with van der Waals surface area (Å²) in [6.45, 7) is 0. The highest BCUT2D eigenvalue weighted by Gasteiger charge is 2.09. The van der Waals surface area contributed by atoms with E-state index in [0.29, 0.717) is 27.2 Å². The van der Waals surface area contributed by atoms with Gasteiger partial charge < -0.3 is 9.72 Å². The number of para-hydroxylation sites is 1. The van der Waals surface area contributed by atoms with E-state index in [2.05, 4.69) is 4.98 Å². The maximum Gasteiger partial charge on any atom is 0.197 e. The summed E-state index contributed by atoms with van der Waals surface area (Å²) < 4.78 is 5.19. The molecular weight excluding hydrogens is 274 g/mol. The fraction of sp³-hybridized carbons (Fsp3) is 0.0625. The van der Waals surface area contributed by atoms with Crippen LogP contribution >= 0.6 is 11.6 Å². The molecule has 0 aliphatic carbocycles. The molecule has 0 saturated heterocycles. The van der Waals surface area contributed by atoms with Crippen LogP contribution in [0.5, 0.6) is 5.75 Å². The molecule has 100 valence electrons. The van der Waals surface area contributed by atoms with Crippen molar-refractivity contribution in [2.45, 2.75) is 0 Å². The number of H-pyrrole nitrogens is 1. The van der Waals surface area contributed by atoms with E-state index in [9.17, 15) is 4.79 Å². The summed E-state index contributed by atoms with van der Waals surface area (Å²) >= 11 is 6.08. The van der Waals surface area contributed by atoms with Gasteiger partial charge in [-0.05, 0) is 29.8 Å². The summed E-state index contributed by atoms with van der Waals surface area (Å²) in [5.41, 5.74) is 2.02. The van der Waals surface area contributed by atoms with Gasteiger partial charge in [-0.3, -0.25) is 4.79 Å². The summed E-state index contributed by atoms with van der Waals surface area (Å²) in [5.74, 6) is 0.716. The van der Waals surface area contributed by atoms with E-state index in [4.69, 9.17) is 16.3 Å². The minimum absolute atomic E-state index is 0.0468. The van der Waals surface area contributed by atoms with E-state index in [-0.39, 0.29) is 5.43 Å². The minimum atomic E-state index is -0.0468. The molecule has 0 bridgehead atoms. The monoisotopic (exact) mass is 285 g/mol. The molecule has 3 rings (SSSR count). The van der Waals surface area contributed by atoms with Crippen molar-refractivity contribution in [3.8, 4) is 16.9 Å². The quantitative estimate of drug-likeness (QED) is 0.777. The highest BCUT2D eigenvalue weighted by molar-refractivity contribution is 6.35. The number of aromatic nitrogens is 1. The molecule has 0 radical (unpaired) electrons. The molecule has 3 aromatic rings. The second-order valence-electron chi connectivity index (χ2n) is 4.43. The van der Waals surface area contributed by atoms with Crippen molar-refractivity contribution in [2.24, 2.45) is 0 Å². The molecule has 1 aromatic heterocycles. The van der Waals surface area contributed by atoms with Gasteiger partial charge in [-0.25, -0.2) is 0 Å². The first-order chi connectivity index (χ1) is 9.70. The van der Waals surface area contributed by atoms with Gasteiger partial charge in [0.25, 0.3) is 0 Å². The lowest BCUT2D eigenvalue weighted by molar-refractivity contribution is 0.415. The van der Waals surface area contributed by atoms with Crippen LogP contribution in [0.3, 0.4) is 0 Å². The van der Waals surface area contributed by atoms with Crippen molar-refractivity contribution in [3.63, 3.8) is 0 Å². The second-order valence-corrected chi connectivity index (χ2v) is 4.83. The van der Waals surface area contributed by atoms with Gasteiger partial charge in [0.15, 0.2) is 5.43 Å². The fourth-order valence-electron chi connectivity index (χ4n) is 2.22. The van der Waals surface area contributed by atoms with Crippen LogP contribution in [0.1, 0.15) is 0 Å². The third kappa shape index (κ3) is 2.06. The van der Waals surface area contributed by atoms with E-state index < -0.39 is 0 Å². The van der Waals surface area contributed by atoms with Gasteiger partial charge in [0.1, 0.15) is 5.75 Å². The molecule has 1 heterocycles. The van der Waals surface area contributed by atoms with Crippen molar-refractivity contribution >= 4 is 22.5 Å². The number of benzene rings is 2. The van der Waals surface area contributed by atoms with Crippen LogP contribution in [0, 0.1) is 0 Å².